The SMILES string of the molecule is C=CCOc1cc(OCC=C)c(C(=O)c2ccc(OC)c(OCCOC3CCCCO3)c2)c(CC(=O)OC)c1CC. The Morgan fingerprint density at radius 2 is 1.68 bits per heavy atom. The van der Waals surface area contributed by atoms with Crippen molar-refractivity contribution in [2.45, 2.75) is 45.3 Å². The van der Waals surface area contributed by atoms with Crippen LogP contribution in [0.5, 0.6) is 23.0 Å². The number of benzene rings is 2. The Morgan fingerprint density at radius 3 is 2.32 bits per heavy atom. The Hall–Kier alpha value is -3.82. The molecule has 9 heteroatoms. The minimum atomic E-state index is -0.495. The van der Waals surface area contributed by atoms with Crippen molar-refractivity contribution >= 4 is 11.8 Å². The number of hydrogen-bond donors (Lipinski definition) is 0. The first-order valence-electron chi connectivity index (χ1n) is 13.8. The zero-order chi connectivity index (χ0) is 29.6. The largest absolute Gasteiger partial charge is 0.493 e. The van der Waals surface area contributed by atoms with Crippen LogP contribution in [-0.2, 0) is 31.8 Å². The van der Waals surface area contributed by atoms with Crippen LogP contribution in [0.1, 0.15) is 53.2 Å². The molecule has 0 aliphatic carbocycles. The maximum absolute atomic E-state index is 14.2. The van der Waals surface area contributed by atoms with Crippen molar-refractivity contribution in [3.8, 4) is 23.0 Å². The quantitative estimate of drug-likeness (QED) is 0.110. The molecule has 1 aliphatic rings. The third-order valence-corrected chi connectivity index (χ3v) is 6.52. The Morgan fingerprint density at radius 1 is 0.927 bits per heavy atom. The standard InChI is InChI=1S/C32H40O9/c1-6-14-37-26-21-28(38-15-7-2)31(24(23(26)8-3)20-29(33)36-5)32(34)22-12-13-25(35-4)27(19-22)39-17-18-41-30-11-9-10-16-40-30/h6-7,12-13,19,21,30H,1-2,8-11,14-18,20H2,3-5H3. The van der Waals surface area contributed by atoms with Gasteiger partial charge in [0.25, 0.3) is 0 Å². The van der Waals surface area contributed by atoms with E-state index < -0.39 is 5.97 Å². The van der Waals surface area contributed by atoms with E-state index in [-0.39, 0.29) is 49.6 Å². The summed E-state index contributed by atoms with van der Waals surface area (Å²) in [6, 6.07) is 6.60. The van der Waals surface area contributed by atoms with Crippen LogP contribution < -0.4 is 18.9 Å². The Balaban J connectivity index is 1.99. The van der Waals surface area contributed by atoms with E-state index in [0.29, 0.717) is 53.6 Å². The second-order valence-corrected chi connectivity index (χ2v) is 9.22. The fourth-order valence-electron chi connectivity index (χ4n) is 4.56. The average molecular weight is 569 g/mol. The van der Waals surface area contributed by atoms with E-state index in [1.54, 1.807) is 36.4 Å². The van der Waals surface area contributed by atoms with E-state index in [1.807, 2.05) is 6.92 Å². The molecule has 1 unspecified atom stereocenters. The van der Waals surface area contributed by atoms with Crippen LogP contribution >= 0.6 is 0 Å². The van der Waals surface area contributed by atoms with E-state index in [2.05, 4.69) is 13.2 Å². The van der Waals surface area contributed by atoms with Gasteiger partial charge >= 0.3 is 5.97 Å². The minimum absolute atomic E-state index is 0.142. The first-order chi connectivity index (χ1) is 20.0. The van der Waals surface area contributed by atoms with Gasteiger partial charge in [-0.1, -0.05) is 32.2 Å². The molecule has 2 aromatic carbocycles. The number of ketones is 1. The van der Waals surface area contributed by atoms with E-state index in [0.717, 1.165) is 19.3 Å². The second kappa shape index (κ2) is 16.4. The number of carbonyl (C=O) groups is 2. The maximum atomic E-state index is 14.2. The van der Waals surface area contributed by atoms with Crippen molar-refractivity contribution in [1.29, 1.82) is 0 Å². The molecule has 41 heavy (non-hydrogen) atoms. The molecule has 222 valence electrons. The first-order valence-corrected chi connectivity index (χ1v) is 13.8. The molecule has 0 radical (unpaired) electrons. The highest BCUT2D eigenvalue weighted by molar-refractivity contribution is 6.13. The fourth-order valence-corrected chi connectivity index (χ4v) is 4.56. The van der Waals surface area contributed by atoms with Crippen LogP contribution in [0.4, 0.5) is 0 Å². The van der Waals surface area contributed by atoms with Gasteiger partial charge in [0.05, 0.1) is 32.8 Å². The molecule has 1 saturated heterocycles. The molecule has 0 bridgehead atoms. The number of rotatable bonds is 17. The molecule has 1 fully saturated rings. The van der Waals surface area contributed by atoms with Crippen molar-refractivity contribution < 1.29 is 42.7 Å². The van der Waals surface area contributed by atoms with Gasteiger partial charge in [0.1, 0.15) is 31.3 Å². The summed E-state index contributed by atoms with van der Waals surface area (Å²) in [5.41, 5.74) is 1.76. The number of esters is 1. The summed E-state index contributed by atoms with van der Waals surface area (Å²) in [7, 11) is 2.83. The van der Waals surface area contributed by atoms with E-state index in [1.165, 1.54) is 14.2 Å². The van der Waals surface area contributed by atoms with Gasteiger partial charge in [0.2, 0.25) is 0 Å². The lowest BCUT2D eigenvalue weighted by Gasteiger charge is -2.23. The van der Waals surface area contributed by atoms with E-state index in [9.17, 15) is 9.59 Å². The number of carbonyl (C=O) groups excluding carboxylic acids is 2. The molecule has 0 N–H and O–H groups in total. The lowest BCUT2D eigenvalue weighted by molar-refractivity contribution is -0.165. The molecule has 3 rings (SSSR count). The predicted molar refractivity (Wildman–Crippen MR) is 154 cm³/mol. The maximum Gasteiger partial charge on any atom is 0.310 e. The third-order valence-electron chi connectivity index (χ3n) is 6.52. The van der Waals surface area contributed by atoms with Crippen molar-refractivity contribution in [2.24, 2.45) is 0 Å². The van der Waals surface area contributed by atoms with Crippen LogP contribution in [0.25, 0.3) is 0 Å². The van der Waals surface area contributed by atoms with Crippen molar-refractivity contribution in [1.82, 2.24) is 0 Å². The van der Waals surface area contributed by atoms with Crippen LogP contribution in [0.15, 0.2) is 49.6 Å². The van der Waals surface area contributed by atoms with Crippen molar-refractivity contribution in [3.63, 3.8) is 0 Å². The number of hydrogen-bond acceptors (Lipinski definition) is 9. The molecular formula is C32H40O9. The molecule has 0 saturated carbocycles. The normalized spacial score (nSPS) is 14.6. The highest BCUT2D eigenvalue weighted by atomic mass is 16.7. The molecule has 2 aromatic rings. The molecule has 0 spiro atoms. The summed E-state index contributed by atoms with van der Waals surface area (Å²) in [5.74, 6) is 0.774. The van der Waals surface area contributed by atoms with Gasteiger partial charge < -0.3 is 33.2 Å². The average Bonchev–Trinajstić information content (AvgIpc) is 3.00. The highest BCUT2D eigenvalue weighted by Crippen LogP contribution is 2.38. The van der Waals surface area contributed by atoms with Crippen LogP contribution in [0.3, 0.4) is 0 Å². The van der Waals surface area contributed by atoms with Crippen molar-refractivity contribution in [2.75, 3.05) is 47.3 Å². The molecular weight excluding hydrogens is 528 g/mol. The van der Waals surface area contributed by atoms with Gasteiger partial charge in [-0.05, 0) is 55.0 Å². The molecule has 9 nitrogen and oxygen atoms in total. The summed E-state index contributed by atoms with van der Waals surface area (Å²) in [5, 5.41) is 0. The minimum Gasteiger partial charge on any atom is -0.493 e. The lowest BCUT2D eigenvalue weighted by atomic mass is 9.90. The molecule has 1 aliphatic heterocycles. The van der Waals surface area contributed by atoms with Gasteiger partial charge in [-0.2, -0.15) is 0 Å². The van der Waals surface area contributed by atoms with E-state index in [4.69, 9.17) is 33.2 Å². The number of methoxy groups -OCH3 is 2. The third kappa shape index (κ3) is 8.58. The summed E-state index contributed by atoms with van der Waals surface area (Å²) in [6.45, 7) is 11.0. The monoisotopic (exact) mass is 568 g/mol. The first kappa shape index (κ1) is 31.7. The van der Waals surface area contributed by atoms with Crippen LogP contribution in [0.2, 0.25) is 0 Å². The van der Waals surface area contributed by atoms with Gasteiger partial charge in [-0.3, -0.25) is 9.59 Å². The van der Waals surface area contributed by atoms with Crippen LogP contribution in [0, 0.1) is 0 Å². The zero-order valence-electron chi connectivity index (χ0n) is 24.2. The zero-order valence-corrected chi connectivity index (χ0v) is 24.2. The lowest BCUT2D eigenvalue weighted by Crippen LogP contribution is -2.24. The summed E-state index contributed by atoms with van der Waals surface area (Å²) in [6.07, 6.45) is 6.30. The Kier molecular flexibility index (Phi) is 12.7. The van der Waals surface area contributed by atoms with Gasteiger partial charge in [0, 0.05) is 18.2 Å². The highest BCUT2D eigenvalue weighted by Gasteiger charge is 2.27. The smallest absolute Gasteiger partial charge is 0.310 e. The summed E-state index contributed by atoms with van der Waals surface area (Å²) < 4.78 is 39.6. The molecule has 1 heterocycles. The summed E-state index contributed by atoms with van der Waals surface area (Å²) >= 11 is 0. The topological polar surface area (TPSA) is 98.8 Å². The Bertz CT molecular complexity index is 1200. The molecule has 0 amide bonds. The fraction of sp³-hybridized carbons (Fsp3) is 0.438. The predicted octanol–water partition coefficient (Wildman–Crippen LogP) is 5.26. The summed E-state index contributed by atoms with van der Waals surface area (Å²) in [4.78, 5) is 26.7. The van der Waals surface area contributed by atoms with Gasteiger partial charge in [0.15, 0.2) is 23.6 Å². The van der Waals surface area contributed by atoms with Gasteiger partial charge in [-0.25, -0.2) is 0 Å². The molecule has 0 aromatic heterocycles. The van der Waals surface area contributed by atoms with Crippen molar-refractivity contribution in [3.05, 3.63) is 71.8 Å². The number of ether oxygens (including phenoxy) is 7. The second-order valence-electron chi connectivity index (χ2n) is 9.22. The van der Waals surface area contributed by atoms with E-state index >= 15 is 0 Å². The molecule has 1 atom stereocenters. The van der Waals surface area contributed by atoms with Crippen LogP contribution in [-0.4, -0.2) is 65.3 Å². The Labute approximate surface area is 242 Å². The van der Waals surface area contributed by atoms with Gasteiger partial charge in [-0.15, -0.1) is 0 Å².